The van der Waals surface area contributed by atoms with E-state index in [1.165, 1.54) is 0 Å². The highest BCUT2D eigenvalue weighted by molar-refractivity contribution is 5.94. The summed E-state index contributed by atoms with van der Waals surface area (Å²) in [6, 6.07) is 7.49. The van der Waals surface area contributed by atoms with Crippen molar-refractivity contribution in [2.75, 3.05) is 34.4 Å². The van der Waals surface area contributed by atoms with E-state index in [4.69, 9.17) is 4.74 Å². The molecule has 1 aromatic carbocycles. The summed E-state index contributed by atoms with van der Waals surface area (Å²) in [6.07, 6.45) is 0.478. The van der Waals surface area contributed by atoms with Crippen LogP contribution in [0.5, 0.6) is 0 Å². The largest absolute Gasteiger partial charge is 0.388 e. The summed E-state index contributed by atoms with van der Waals surface area (Å²) in [7, 11) is 5.59. The number of amides is 1. The van der Waals surface area contributed by atoms with E-state index < -0.39 is 5.60 Å². The van der Waals surface area contributed by atoms with E-state index in [2.05, 4.69) is 10.2 Å². The minimum Gasteiger partial charge on any atom is -0.388 e. The van der Waals surface area contributed by atoms with E-state index in [9.17, 15) is 9.90 Å². The number of hydrogen-bond acceptors (Lipinski definition) is 4. The van der Waals surface area contributed by atoms with E-state index in [1.807, 2.05) is 26.2 Å². The molecular formula is C16H26N2O3. The highest BCUT2D eigenvalue weighted by Crippen LogP contribution is 2.09. The lowest BCUT2D eigenvalue weighted by Gasteiger charge is -2.23. The van der Waals surface area contributed by atoms with Gasteiger partial charge in [0.1, 0.15) is 0 Å². The number of carbonyl (C=O) groups is 1. The fourth-order valence-electron chi connectivity index (χ4n) is 1.91. The molecule has 1 amide bonds. The summed E-state index contributed by atoms with van der Waals surface area (Å²) in [5, 5.41) is 12.8. The Kier molecular flexibility index (Phi) is 6.81. The van der Waals surface area contributed by atoms with Crippen molar-refractivity contribution in [1.82, 2.24) is 10.2 Å². The number of aliphatic hydroxyl groups is 1. The number of nitrogens with one attached hydrogen (secondary N) is 1. The predicted molar refractivity (Wildman–Crippen MR) is 83.3 cm³/mol. The molecule has 1 rings (SSSR count). The van der Waals surface area contributed by atoms with Crippen LogP contribution in [0, 0.1) is 0 Å². The zero-order valence-corrected chi connectivity index (χ0v) is 13.3. The molecule has 0 aliphatic carbocycles. The number of rotatable bonds is 8. The van der Waals surface area contributed by atoms with E-state index in [0.717, 1.165) is 12.1 Å². The van der Waals surface area contributed by atoms with Crippen molar-refractivity contribution >= 4 is 5.91 Å². The van der Waals surface area contributed by atoms with Crippen LogP contribution in [0.2, 0.25) is 0 Å². The predicted octanol–water partition coefficient (Wildman–Crippen LogP) is 1.27. The van der Waals surface area contributed by atoms with Crippen molar-refractivity contribution in [3.05, 3.63) is 35.4 Å². The molecule has 0 saturated heterocycles. The zero-order valence-electron chi connectivity index (χ0n) is 13.3. The maximum absolute atomic E-state index is 12.0. The van der Waals surface area contributed by atoms with Crippen molar-refractivity contribution in [2.45, 2.75) is 25.5 Å². The molecule has 1 atom stereocenters. The summed E-state index contributed by atoms with van der Waals surface area (Å²) in [5.74, 6) is -0.177. The van der Waals surface area contributed by atoms with Crippen molar-refractivity contribution in [2.24, 2.45) is 0 Å². The minimum atomic E-state index is -0.962. The standard InChI is InChI=1S/C16H26N2O3/c1-16(20,9-10-21-4)12-17-15(19)14-7-5-13(6-8-14)11-18(2)3/h5-8,20H,9-12H2,1-4H3,(H,17,19). The summed E-state index contributed by atoms with van der Waals surface area (Å²) in [4.78, 5) is 14.1. The van der Waals surface area contributed by atoms with Gasteiger partial charge in [0.15, 0.2) is 0 Å². The fourth-order valence-corrected chi connectivity index (χ4v) is 1.91. The Bertz CT molecular complexity index is 441. The molecule has 0 radical (unpaired) electrons. The Labute approximate surface area is 126 Å². The molecule has 0 aromatic heterocycles. The number of methoxy groups -OCH3 is 1. The van der Waals surface area contributed by atoms with Crippen LogP contribution in [0.1, 0.15) is 29.3 Å². The lowest BCUT2D eigenvalue weighted by atomic mass is 10.0. The maximum atomic E-state index is 12.0. The SMILES string of the molecule is COCCC(C)(O)CNC(=O)c1ccc(CN(C)C)cc1. The monoisotopic (exact) mass is 294 g/mol. The first-order valence-corrected chi connectivity index (χ1v) is 7.07. The van der Waals surface area contributed by atoms with Gasteiger partial charge >= 0.3 is 0 Å². The Morgan fingerprint density at radius 1 is 1.33 bits per heavy atom. The number of nitrogens with zero attached hydrogens (tertiary/aromatic N) is 1. The van der Waals surface area contributed by atoms with Gasteiger partial charge in [-0.05, 0) is 38.7 Å². The third-order valence-electron chi connectivity index (χ3n) is 3.19. The topological polar surface area (TPSA) is 61.8 Å². The molecule has 0 saturated carbocycles. The Morgan fingerprint density at radius 2 is 1.95 bits per heavy atom. The Balaban J connectivity index is 2.52. The Hall–Kier alpha value is -1.43. The van der Waals surface area contributed by atoms with E-state index >= 15 is 0 Å². The molecule has 0 spiro atoms. The molecule has 21 heavy (non-hydrogen) atoms. The van der Waals surface area contributed by atoms with Crippen LogP contribution in [0.4, 0.5) is 0 Å². The quantitative estimate of drug-likeness (QED) is 0.758. The van der Waals surface area contributed by atoms with Crippen LogP contribution in [0.3, 0.4) is 0 Å². The molecule has 0 heterocycles. The molecule has 5 heteroatoms. The fraction of sp³-hybridized carbons (Fsp3) is 0.562. The van der Waals surface area contributed by atoms with Gasteiger partial charge in [0.05, 0.1) is 5.60 Å². The van der Waals surface area contributed by atoms with Crippen LogP contribution in [-0.2, 0) is 11.3 Å². The van der Waals surface area contributed by atoms with Gasteiger partial charge in [0, 0.05) is 38.8 Å². The highest BCUT2D eigenvalue weighted by atomic mass is 16.5. The first kappa shape index (κ1) is 17.6. The second kappa shape index (κ2) is 8.12. The van der Waals surface area contributed by atoms with Gasteiger partial charge in [-0.1, -0.05) is 12.1 Å². The average molecular weight is 294 g/mol. The first-order valence-electron chi connectivity index (χ1n) is 7.07. The maximum Gasteiger partial charge on any atom is 0.251 e. The molecule has 2 N–H and O–H groups in total. The number of carbonyl (C=O) groups excluding carboxylic acids is 1. The van der Waals surface area contributed by atoms with E-state index in [1.54, 1.807) is 26.2 Å². The third-order valence-corrected chi connectivity index (χ3v) is 3.19. The van der Waals surface area contributed by atoms with Crippen LogP contribution in [0.25, 0.3) is 0 Å². The molecule has 0 fully saturated rings. The lowest BCUT2D eigenvalue weighted by molar-refractivity contribution is 0.0243. The Morgan fingerprint density at radius 3 is 2.48 bits per heavy atom. The van der Waals surface area contributed by atoms with Crippen molar-refractivity contribution in [3.63, 3.8) is 0 Å². The molecule has 0 aliphatic heterocycles. The zero-order chi connectivity index (χ0) is 15.9. The van der Waals surface area contributed by atoms with Gasteiger partial charge in [-0.2, -0.15) is 0 Å². The highest BCUT2D eigenvalue weighted by Gasteiger charge is 2.21. The van der Waals surface area contributed by atoms with Crippen LogP contribution in [0.15, 0.2) is 24.3 Å². The van der Waals surface area contributed by atoms with Gasteiger partial charge in [-0.15, -0.1) is 0 Å². The normalized spacial score (nSPS) is 14.0. The van der Waals surface area contributed by atoms with Crippen LogP contribution in [-0.4, -0.2) is 55.9 Å². The van der Waals surface area contributed by atoms with Crippen molar-refractivity contribution in [3.8, 4) is 0 Å². The lowest BCUT2D eigenvalue weighted by Crippen LogP contribution is -2.41. The van der Waals surface area contributed by atoms with Crippen LogP contribution >= 0.6 is 0 Å². The summed E-state index contributed by atoms with van der Waals surface area (Å²) in [6.45, 7) is 3.19. The van der Waals surface area contributed by atoms with Crippen LogP contribution < -0.4 is 5.32 Å². The smallest absolute Gasteiger partial charge is 0.251 e. The summed E-state index contributed by atoms with van der Waals surface area (Å²) < 4.78 is 4.94. The number of benzene rings is 1. The van der Waals surface area contributed by atoms with Gasteiger partial charge in [-0.25, -0.2) is 0 Å². The van der Waals surface area contributed by atoms with E-state index in [-0.39, 0.29) is 12.5 Å². The summed E-state index contributed by atoms with van der Waals surface area (Å²) in [5.41, 5.74) is 0.792. The molecule has 0 aliphatic rings. The van der Waals surface area contributed by atoms with Gasteiger partial charge in [0.2, 0.25) is 0 Å². The molecular weight excluding hydrogens is 268 g/mol. The van der Waals surface area contributed by atoms with Crippen molar-refractivity contribution in [1.29, 1.82) is 0 Å². The summed E-state index contributed by atoms with van der Waals surface area (Å²) >= 11 is 0. The van der Waals surface area contributed by atoms with Gasteiger partial charge in [0.25, 0.3) is 5.91 Å². The second-order valence-electron chi connectivity index (χ2n) is 5.86. The molecule has 1 aromatic rings. The second-order valence-corrected chi connectivity index (χ2v) is 5.86. The van der Waals surface area contributed by atoms with Gasteiger partial charge in [-0.3, -0.25) is 4.79 Å². The molecule has 118 valence electrons. The molecule has 0 bridgehead atoms. The third kappa shape index (κ3) is 6.71. The number of hydrogen-bond donors (Lipinski definition) is 2. The molecule has 5 nitrogen and oxygen atoms in total. The van der Waals surface area contributed by atoms with E-state index in [0.29, 0.717) is 18.6 Å². The van der Waals surface area contributed by atoms with Crippen molar-refractivity contribution < 1.29 is 14.6 Å². The minimum absolute atomic E-state index is 0.177. The van der Waals surface area contributed by atoms with Gasteiger partial charge < -0.3 is 20.1 Å². The molecule has 1 unspecified atom stereocenters. The average Bonchev–Trinajstić information content (AvgIpc) is 2.43. The number of ether oxygens (including phenoxy) is 1. The first-order chi connectivity index (χ1) is 9.84.